The van der Waals surface area contributed by atoms with E-state index in [4.69, 9.17) is 9.73 Å². The van der Waals surface area contributed by atoms with Crippen LogP contribution in [0.15, 0.2) is 41.5 Å². The van der Waals surface area contributed by atoms with Gasteiger partial charge in [-0.25, -0.2) is 4.98 Å². The third-order valence-corrected chi connectivity index (χ3v) is 4.05. The van der Waals surface area contributed by atoms with Crippen molar-refractivity contribution < 1.29 is 4.74 Å². The standard InChI is InChI=1S/C18H19N3O/c1-21(2)17-9-12(7-8-19-17)18-16-10-15(22-14-5-6-14)4-3-13(16)11-20-18/h3-4,7-10,14H,5-6,11H2,1-2H3. The molecule has 0 spiro atoms. The Morgan fingerprint density at radius 2 is 2.00 bits per heavy atom. The van der Waals surface area contributed by atoms with E-state index in [0.29, 0.717) is 6.10 Å². The summed E-state index contributed by atoms with van der Waals surface area (Å²) in [4.78, 5) is 11.1. The van der Waals surface area contributed by atoms with E-state index in [9.17, 15) is 0 Å². The quantitative estimate of drug-likeness (QED) is 0.869. The number of ether oxygens (including phenoxy) is 1. The minimum Gasteiger partial charge on any atom is -0.490 e. The van der Waals surface area contributed by atoms with Crippen LogP contribution < -0.4 is 9.64 Å². The maximum atomic E-state index is 5.92. The highest BCUT2D eigenvalue weighted by Crippen LogP contribution is 2.31. The average molecular weight is 293 g/mol. The minimum atomic E-state index is 0.418. The molecule has 0 unspecified atom stereocenters. The van der Waals surface area contributed by atoms with E-state index in [0.717, 1.165) is 29.4 Å². The number of aliphatic imine (C=N–C) groups is 1. The van der Waals surface area contributed by atoms with Crippen molar-refractivity contribution in [2.24, 2.45) is 4.99 Å². The Kier molecular flexibility index (Phi) is 3.10. The van der Waals surface area contributed by atoms with Gasteiger partial charge in [-0.05, 0) is 42.7 Å². The number of aromatic nitrogens is 1. The summed E-state index contributed by atoms with van der Waals surface area (Å²) in [5.74, 6) is 1.90. The van der Waals surface area contributed by atoms with Gasteiger partial charge in [0.25, 0.3) is 0 Å². The lowest BCUT2D eigenvalue weighted by Gasteiger charge is -2.13. The predicted molar refractivity (Wildman–Crippen MR) is 88.0 cm³/mol. The molecule has 2 aliphatic rings. The first-order valence-electron chi connectivity index (χ1n) is 7.69. The molecule has 0 saturated heterocycles. The van der Waals surface area contributed by atoms with Gasteiger partial charge in [-0.1, -0.05) is 6.07 Å². The summed E-state index contributed by atoms with van der Waals surface area (Å²) in [6.45, 7) is 0.744. The molecule has 2 aromatic rings. The summed E-state index contributed by atoms with van der Waals surface area (Å²) in [7, 11) is 4.00. The summed E-state index contributed by atoms with van der Waals surface area (Å²) >= 11 is 0. The molecule has 1 fully saturated rings. The van der Waals surface area contributed by atoms with Gasteiger partial charge in [0.05, 0.1) is 18.4 Å². The molecule has 22 heavy (non-hydrogen) atoms. The van der Waals surface area contributed by atoms with Gasteiger partial charge in [-0.2, -0.15) is 0 Å². The van der Waals surface area contributed by atoms with Crippen LogP contribution in [-0.4, -0.2) is 30.9 Å². The monoisotopic (exact) mass is 293 g/mol. The number of benzene rings is 1. The third kappa shape index (κ3) is 2.45. The number of pyridine rings is 1. The van der Waals surface area contributed by atoms with Gasteiger partial charge in [0, 0.05) is 31.4 Å². The van der Waals surface area contributed by atoms with Gasteiger partial charge in [-0.15, -0.1) is 0 Å². The molecular weight excluding hydrogens is 274 g/mol. The summed E-state index contributed by atoms with van der Waals surface area (Å²) in [5.41, 5.74) is 4.61. The highest BCUT2D eigenvalue weighted by Gasteiger charge is 2.25. The van der Waals surface area contributed by atoms with Crippen LogP contribution >= 0.6 is 0 Å². The number of hydrogen-bond acceptors (Lipinski definition) is 4. The fourth-order valence-corrected chi connectivity index (χ4v) is 2.67. The molecule has 112 valence electrons. The van der Waals surface area contributed by atoms with E-state index >= 15 is 0 Å². The molecule has 0 N–H and O–H groups in total. The highest BCUT2D eigenvalue weighted by atomic mass is 16.5. The molecule has 4 rings (SSSR count). The van der Waals surface area contributed by atoms with Crippen LogP contribution in [0.3, 0.4) is 0 Å². The van der Waals surface area contributed by atoms with Crippen molar-refractivity contribution in [3.63, 3.8) is 0 Å². The molecule has 4 nitrogen and oxygen atoms in total. The first-order valence-corrected chi connectivity index (χ1v) is 7.69. The highest BCUT2D eigenvalue weighted by molar-refractivity contribution is 6.15. The smallest absolute Gasteiger partial charge is 0.128 e. The first-order chi connectivity index (χ1) is 10.7. The van der Waals surface area contributed by atoms with E-state index in [-0.39, 0.29) is 0 Å². The van der Waals surface area contributed by atoms with Crippen molar-refractivity contribution in [2.75, 3.05) is 19.0 Å². The summed E-state index contributed by atoms with van der Waals surface area (Å²) in [6.07, 6.45) is 4.61. The van der Waals surface area contributed by atoms with Crippen molar-refractivity contribution in [1.29, 1.82) is 0 Å². The van der Waals surface area contributed by atoms with Gasteiger partial charge in [0.15, 0.2) is 0 Å². The van der Waals surface area contributed by atoms with Gasteiger partial charge >= 0.3 is 0 Å². The zero-order valence-electron chi connectivity index (χ0n) is 12.9. The lowest BCUT2D eigenvalue weighted by atomic mass is 10.0. The Hall–Kier alpha value is -2.36. The van der Waals surface area contributed by atoms with Crippen LogP contribution in [0.2, 0.25) is 0 Å². The van der Waals surface area contributed by atoms with Crippen molar-refractivity contribution in [3.05, 3.63) is 53.2 Å². The molecule has 1 aromatic carbocycles. The summed E-state index contributed by atoms with van der Waals surface area (Å²) in [5, 5.41) is 0. The number of nitrogens with zero attached hydrogens (tertiary/aromatic N) is 3. The second-order valence-corrected chi connectivity index (χ2v) is 6.10. The lowest BCUT2D eigenvalue weighted by molar-refractivity contribution is 0.303. The number of anilines is 1. The Morgan fingerprint density at radius 1 is 1.14 bits per heavy atom. The van der Waals surface area contributed by atoms with Gasteiger partial charge in [0.1, 0.15) is 11.6 Å². The Bertz CT molecular complexity index is 748. The van der Waals surface area contributed by atoms with Gasteiger partial charge < -0.3 is 9.64 Å². The zero-order chi connectivity index (χ0) is 15.1. The summed E-state index contributed by atoms with van der Waals surface area (Å²) in [6, 6.07) is 10.4. The fraction of sp³-hybridized carbons (Fsp3) is 0.333. The maximum Gasteiger partial charge on any atom is 0.128 e. The molecule has 1 aliphatic carbocycles. The Balaban J connectivity index is 1.69. The maximum absolute atomic E-state index is 5.92. The van der Waals surface area contributed by atoms with E-state index in [1.165, 1.54) is 24.0 Å². The van der Waals surface area contributed by atoms with Crippen LogP contribution in [0.1, 0.15) is 29.5 Å². The van der Waals surface area contributed by atoms with E-state index in [1.54, 1.807) is 0 Å². The number of rotatable bonds is 4. The van der Waals surface area contributed by atoms with Crippen LogP contribution in [0.25, 0.3) is 0 Å². The third-order valence-electron chi connectivity index (χ3n) is 4.05. The predicted octanol–water partition coefficient (Wildman–Crippen LogP) is 3.04. The number of fused-ring (bicyclic) bond motifs is 1. The molecule has 2 heterocycles. The largest absolute Gasteiger partial charge is 0.490 e. The number of hydrogen-bond donors (Lipinski definition) is 0. The van der Waals surface area contributed by atoms with Crippen LogP contribution in [0.4, 0.5) is 5.82 Å². The molecular formula is C18H19N3O. The van der Waals surface area contributed by atoms with Gasteiger partial charge in [-0.3, -0.25) is 4.99 Å². The fourth-order valence-electron chi connectivity index (χ4n) is 2.67. The molecule has 0 radical (unpaired) electrons. The second-order valence-electron chi connectivity index (χ2n) is 6.10. The Labute approximate surface area is 130 Å². The molecule has 4 heteroatoms. The molecule has 0 bridgehead atoms. The molecule has 0 amide bonds. The van der Waals surface area contributed by atoms with Crippen molar-refractivity contribution in [1.82, 2.24) is 4.98 Å². The minimum absolute atomic E-state index is 0.418. The molecule has 1 aliphatic heterocycles. The lowest BCUT2D eigenvalue weighted by Crippen LogP contribution is -2.12. The second kappa shape index (κ2) is 5.13. The molecule has 0 atom stereocenters. The van der Waals surface area contributed by atoms with Crippen molar-refractivity contribution >= 4 is 11.5 Å². The van der Waals surface area contributed by atoms with Crippen LogP contribution in [0, 0.1) is 0 Å². The summed E-state index contributed by atoms with van der Waals surface area (Å²) < 4.78 is 5.92. The molecule has 1 saturated carbocycles. The van der Waals surface area contributed by atoms with Crippen LogP contribution in [-0.2, 0) is 6.54 Å². The SMILES string of the molecule is CN(C)c1cc(C2=NCc3ccc(OC4CC4)cc32)ccn1. The van der Waals surface area contributed by atoms with E-state index in [1.807, 2.05) is 31.3 Å². The molecule has 1 aromatic heterocycles. The average Bonchev–Trinajstić information content (AvgIpc) is 3.24. The van der Waals surface area contributed by atoms with Gasteiger partial charge in [0.2, 0.25) is 0 Å². The Morgan fingerprint density at radius 3 is 2.77 bits per heavy atom. The normalized spacial score (nSPS) is 16.2. The first kappa shape index (κ1) is 13.3. The van der Waals surface area contributed by atoms with Crippen molar-refractivity contribution in [3.8, 4) is 5.75 Å². The zero-order valence-corrected chi connectivity index (χ0v) is 12.9. The van der Waals surface area contributed by atoms with Crippen molar-refractivity contribution in [2.45, 2.75) is 25.5 Å². The van der Waals surface area contributed by atoms with E-state index in [2.05, 4.69) is 29.2 Å². The van der Waals surface area contributed by atoms with E-state index < -0.39 is 0 Å². The van der Waals surface area contributed by atoms with Crippen LogP contribution in [0.5, 0.6) is 5.75 Å². The topological polar surface area (TPSA) is 37.7 Å².